The molecule has 0 radical (unpaired) electrons. The maximum Gasteiger partial charge on any atom is 0.305 e. The monoisotopic (exact) mass is 230 g/mol. The molecule has 0 spiro atoms. The van der Waals surface area contributed by atoms with Crippen LogP contribution in [0.5, 0.6) is 0 Å². The predicted octanol–water partition coefficient (Wildman–Crippen LogP) is 2.45. The summed E-state index contributed by atoms with van der Waals surface area (Å²) in [6, 6.07) is 0. The van der Waals surface area contributed by atoms with Crippen molar-refractivity contribution in [1.29, 1.82) is 0 Å². The molecule has 4 heteroatoms. The molecule has 0 saturated heterocycles. The topological polar surface area (TPSA) is 52.6 Å². The van der Waals surface area contributed by atoms with Gasteiger partial charge in [0.15, 0.2) is 0 Å². The largest absolute Gasteiger partial charge is 0.466 e. The number of esters is 2. The fraction of sp³-hybridized carbons (Fsp3) is 0.833. The first kappa shape index (κ1) is 14.9. The van der Waals surface area contributed by atoms with Gasteiger partial charge in [0.25, 0.3) is 0 Å². The Kier molecular flexibility index (Phi) is 8.58. The van der Waals surface area contributed by atoms with Crippen molar-refractivity contribution in [1.82, 2.24) is 0 Å². The lowest BCUT2D eigenvalue weighted by molar-refractivity contribution is -0.149. The number of hydrogen-bond donors (Lipinski definition) is 0. The summed E-state index contributed by atoms with van der Waals surface area (Å²) in [7, 11) is 0. The van der Waals surface area contributed by atoms with Crippen molar-refractivity contribution in [2.24, 2.45) is 0 Å². The summed E-state index contributed by atoms with van der Waals surface area (Å²) >= 11 is 0. The number of carbonyl (C=O) groups excluding carboxylic acids is 2. The number of hydrogen-bond acceptors (Lipinski definition) is 4. The van der Waals surface area contributed by atoms with Crippen LogP contribution in [0.1, 0.15) is 52.9 Å². The van der Waals surface area contributed by atoms with Crippen LogP contribution in [-0.2, 0) is 19.1 Å². The highest BCUT2D eigenvalue weighted by Gasteiger charge is 2.11. The van der Waals surface area contributed by atoms with E-state index < -0.39 is 0 Å². The minimum Gasteiger partial charge on any atom is -0.466 e. The highest BCUT2D eigenvalue weighted by atomic mass is 16.6. The standard InChI is InChI=1S/C12H22O4/c1-4-6-11(16-10(3)13)8-9-15-12(14)7-5-2/h11H,4-9H2,1-3H3/t11-/m1/s1. The lowest BCUT2D eigenvalue weighted by Gasteiger charge is -2.15. The van der Waals surface area contributed by atoms with Gasteiger partial charge in [-0.25, -0.2) is 0 Å². The average molecular weight is 230 g/mol. The Bertz CT molecular complexity index is 213. The number of carbonyl (C=O) groups is 2. The molecule has 0 fully saturated rings. The fourth-order valence-electron chi connectivity index (χ4n) is 1.40. The van der Waals surface area contributed by atoms with Crippen molar-refractivity contribution in [3.05, 3.63) is 0 Å². The zero-order valence-corrected chi connectivity index (χ0v) is 10.5. The summed E-state index contributed by atoms with van der Waals surface area (Å²) in [5.41, 5.74) is 0. The molecule has 0 rings (SSSR count). The van der Waals surface area contributed by atoms with Crippen LogP contribution in [0.15, 0.2) is 0 Å². The molecule has 0 bridgehead atoms. The predicted molar refractivity (Wildman–Crippen MR) is 60.9 cm³/mol. The minimum atomic E-state index is -0.279. The Hall–Kier alpha value is -1.06. The molecule has 94 valence electrons. The summed E-state index contributed by atoms with van der Waals surface area (Å²) in [5.74, 6) is -0.459. The summed E-state index contributed by atoms with van der Waals surface area (Å²) in [5, 5.41) is 0. The van der Waals surface area contributed by atoms with E-state index in [4.69, 9.17) is 9.47 Å². The van der Waals surface area contributed by atoms with E-state index in [1.54, 1.807) is 0 Å². The van der Waals surface area contributed by atoms with E-state index in [9.17, 15) is 9.59 Å². The van der Waals surface area contributed by atoms with Crippen LogP contribution in [-0.4, -0.2) is 24.6 Å². The van der Waals surface area contributed by atoms with E-state index >= 15 is 0 Å². The van der Waals surface area contributed by atoms with Crippen molar-refractivity contribution in [2.75, 3.05) is 6.61 Å². The molecule has 1 atom stereocenters. The first-order valence-corrected chi connectivity index (χ1v) is 5.93. The lowest BCUT2D eigenvalue weighted by Crippen LogP contribution is -2.19. The molecule has 0 saturated carbocycles. The van der Waals surface area contributed by atoms with Crippen molar-refractivity contribution >= 4 is 11.9 Å². The molecule has 0 N–H and O–H groups in total. The molecule has 0 aliphatic heterocycles. The molecular weight excluding hydrogens is 208 g/mol. The molecular formula is C12H22O4. The van der Waals surface area contributed by atoms with Gasteiger partial charge in [-0.3, -0.25) is 9.59 Å². The second-order valence-electron chi connectivity index (χ2n) is 3.78. The second-order valence-corrected chi connectivity index (χ2v) is 3.78. The molecule has 0 aromatic carbocycles. The van der Waals surface area contributed by atoms with Crippen LogP contribution in [0, 0.1) is 0 Å². The van der Waals surface area contributed by atoms with Crippen LogP contribution in [0.2, 0.25) is 0 Å². The Morgan fingerprint density at radius 3 is 2.31 bits per heavy atom. The van der Waals surface area contributed by atoms with Gasteiger partial charge in [0.05, 0.1) is 6.61 Å². The molecule has 16 heavy (non-hydrogen) atoms. The van der Waals surface area contributed by atoms with Crippen molar-refractivity contribution in [2.45, 2.75) is 59.0 Å². The van der Waals surface area contributed by atoms with Gasteiger partial charge in [-0.05, 0) is 12.8 Å². The van der Waals surface area contributed by atoms with Gasteiger partial charge in [0.1, 0.15) is 6.10 Å². The van der Waals surface area contributed by atoms with Gasteiger partial charge < -0.3 is 9.47 Å². The first-order chi connectivity index (χ1) is 7.60. The van der Waals surface area contributed by atoms with Gasteiger partial charge >= 0.3 is 11.9 Å². The van der Waals surface area contributed by atoms with Crippen LogP contribution >= 0.6 is 0 Å². The first-order valence-electron chi connectivity index (χ1n) is 5.93. The summed E-state index contributed by atoms with van der Waals surface area (Å²) in [4.78, 5) is 21.9. The molecule has 0 aromatic heterocycles. The third-order valence-electron chi connectivity index (χ3n) is 2.10. The molecule has 0 aliphatic rings. The fourth-order valence-corrected chi connectivity index (χ4v) is 1.40. The minimum absolute atomic E-state index is 0.128. The Morgan fingerprint density at radius 2 is 1.81 bits per heavy atom. The van der Waals surface area contributed by atoms with Gasteiger partial charge in [-0.1, -0.05) is 20.3 Å². The van der Waals surface area contributed by atoms with Crippen molar-refractivity contribution in [3.63, 3.8) is 0 Å². The smallest absolute Gasteiger partial charge is 0.305 e. The molecule has 0 unspecified atom stereocenters. The Balaban J connectivity index is 3.74. The number of rotatable bonds is 8. The lowest BCUT2D eigenvalue weighted by atomic mass is 10.1. The second kappa shape index (κ2) is 9.19. The molecule has 0 amide bonds. The van der Waals surface area contributed by atoms with Crippen LogP contribution < -0.4 is 0 Å². The van der Waals surface area contributed by atoms with Gasteiger partial charge in [0, 0.05) is 19.8 Å². The molecule has 0 aromatic rings. The zero-order chi connectivity index (χ0) is 12.4. The Morgan fingerprint density at radius 1 is 1.12 bits per heavy atom. The third kappa shape index (κ3) is 8.26. The van der Waals surface area contributed by atoms with Crippen LogP contribution in [0.4, 0.5) is 0 Å². The highest BCUT2D eigenvalue weighted by Crippen LogP contribution is 2.08. The van der Waals surface area contributed by atoms with E-state index in [2.05, 4.69) is 0 Å². The van der Waals surface area contributed by atoms with Crippen molar-refractivity contribution < 1.29 is 19.1 Å². The Labute approximate surface area is 97.3 Å². The molecule has 0 aliphatic carbocycles. The van der Waals surface area contributed by atoms with E-state index in [1.807, 2.05) is 13.8 Å². The highest BCUT2D eigenvalue weighted by molar-refractivity contribution is 5.69. The summed E-state index contributed by atoms with van der Waals surface area (Å²) in [6.45, 7) is 5.68. The quantitative estimate of drug-likeness (QED) is 0.601. The van der Waals surface area contributed by atoms with E-state index in [0.29, 0.717) is 19.4 Å². The van der Waals surface area contributed by atoms with E-state index in [-0.39, 0.29) is 18.0 Å². The van der Waals surface area contributed by atoms with E-state index in [1.165, 1.54) is 6.92 Å². The van der Waals surface area contributed by atoms with E-state index in [0.717, 1.165) is 19.3 Å². The SMILES string of the molecule is CCCC(=O)OCC[C@@H](CCC)OC(C)=O. The molecule has 0 heterocycles. The van der Waals surface area contributed by atoms with Crippen molar-refractivity contribution in [3.8, 4) is 0 Å². The van der Waals surface area contributed by atoms with Gasteiger partial charge in [-0.15, -0.1) is 0 Å². The maximum absolute atomic E-state index is 11.1. The summed E-state index contributed by atoms with van der Waals surface area (Å²) < 4.78 is 10.1. The third-order valence-corrected chi connectivity index (χ3v) is 2.10. The average Bonchev–Trinajstić information content (AvgIpc) is 2.17. The zero-order valence-electron chi connectivity index (χ0n) is 10.5. The van der Waals surface area contributed by atoms with Gasteiger partial charge in [0.2, 0.25) is 0 Å². The van der Waals surface area contributed by atoms with Crippen LogP contribution in [0.25, 0.3) is 0 Å². The summed E-state index contributed by atoms with van der Waals surface area (Å²) in [6.07, 6.45) is 3.46. The van der Waals surface area contributed by atoms with Gasteiger partial charge in [-0.2, -0.15) is 0 Å². The maximum atomic E-state index is 11.1. The van der Waals surface area contributed by atoms with Crippen LogP contribution in [0.3, 0.4) is 0 Å². The normalized spacial score (nSPS) is 11.9. The molecule has 4 nitrogen and oxygen atoms in total. The number of ether oxygens (including phenoxy) is 2.